The van der Waals surface area contributed by atoms with Crippen molar-refractivity contribution in [2.24, 2.45) is 0 Å². The van der Waals surface area contributed by atoms with Crippen LogP contribution in [0.3, 0.4) is 0 Å². The Bertz CT molecular complexity index is 1160. The Labute approximate surface area is 201 Å². The topological polar surface area (TPSA) is 65.5 Å². The summed E-state index contributed by atoms with van der Waals surface area (Å²) >= 11 is 1.57. The first-order chi connectivity index (χ1) is 15.7. The number of unbranched alkanes of at least 4 members (excludes halogenated alkanes) is 1. The average Bonchev–Trinajstić information content (AvgIpc) is 3.23. The Morgan fingerprint density at radius 2 is 1.67 bits per heavy atom. The van der Waals surface area contributed by atoms with Crippen molar-refractivity contribution in [3.63, 3.8) is 0 Å². The van der Waals surface area contributed by atoms with E-state index in [0.29, 0.717) is 11.4 Å². The molecule has 0 amide bonds. The molecule has 6 nitrogen and oxygen atoms in total. The summed E-state index contributed by atoms with van der Waals surface area (Å²) < 4.78 is 33.8. The minimum atomic E-state index is -3.45. The Hall–Kier alpha value is -2.00. The predicted octanol–water partition coefficient (Wildman–Crippen LogP) is 4.47. The fourth-order valence-corrected chi connectivity index (χ4v) is 6.04. The molecular formula is C25H34N4O2S2. The van der Waals surface area contributed by atoms with Crippen molar-refractivity contribution < 1.29 is 8.42 Å². The summed E-state index contributed by atoms with van der Waals surface area (Å²) in [6.45, 7) is 11.8. The lowest BCUT2D eigenvalue weighted by molar-refractivity contribution is 0.253. The predicted molar refractivity (Wildman–Crippen MR) is 138 cm³/mol. The fraction of sp³-hybridized carbons (Fsp3) is 0.480. The second-order valence-corrected chi connectivity index (χ2v) is 12.3. The molecule has 0 radical (unpaired) electrons. The molecule has 2 heterocycles. The number of sulfonamides is 1. The number of hydrogen-bond donors (Lipinski definition) is 1. The largest absolute Gasteiger partial charge is 0.353 e. The molecule has 4 rings (SSSR count). The van der Waals surface area contributed by atoms with Gasteiger partial charge in [-0.3, -0.25) is 4.90 Å². The smallest absolute Gasteiger partial charge is 0.240 e. The van der Waals surface area contributed by atoms with Gasteiger partial charge in [0.05, 0.1) is 9.60 Å². The standard InChI is InChI=1S/C25H34N4O2S2/c1-25(2,3)20-10-12-21(13-11-20)33(30,31)26-14-6-7-15-28-16-18-29(19-17-28)24-22-8-4-5-9-23(22)32-27-24/h4-5,8-13,26H,6-7,14-19H2,1-3H3. The van der Waals surface area contributed by atoms with Crippen LogP contribution >= 0.6 is 11.5 Å². The van der Waals surface area contributed by atoms with Crippen LogP contribution in [-0.2, 0) is 15.4 Å². The number of rotatable bonds is 8. The van der Waals surface area contributed by atoms with Gasteiger partial charge < -0.3 is 4.90 Å². The lowest BCUT2D eigenvalue weighted by Gasteiger charge is -2.35. The number of nitrogens with one attached hydrogen (secondary N) is 1. The quantitative estimate of drug-likeness (QED) is 0.476. The van der Waals surface area contributed by atoms with Gasteiger partial charge in [-0.05, 0) is 66.2 Å². The molecule has 8 heteroatoms. The Morgan fingerprint density at radius 3 is 2.36 bits per heavy atom. The molecule has 0 saturated carbocycles. The van der Waals surface area contributed by atoms with Gasteiger partial charge in [-0.15, -0.1) is 0 Å². The highest BCUT2D eigenvalue weighted by molar-refractivity contribution is 7.89. The van der Waals surface area contributed by atoms with Gasteiger partial charge in [-0.25, -0.2) is 13.1 Å². The second kappa shape index (κ2) is 10.1. The molecule has 1 aromatic heterocycles. The van der Waals surface area contributed by atoms with Gasteiger partial charge >= 0.3 is 0 Å². The van der Waals surface area contributed by atoms with Gasteiger partial charge in [0.2, 0.25) is 10.0 Å². The van der Waals surface area contributed by atoms with Crippen LogP contribution in [0, 0.1) is 0 Å². The molecule has 1 N–H and O–H groups in total. The number of piperazine rings is 1. The molecular weight excluding hydrogens is 452 g/mol. The third kappa shape index (κ3) is 5.93. The van der Waals surface area contributed by atoms with Gasteiger partial charge in [0, 0.05) is 38.1 Å². The summed E-state index contributed by atoms with van der Waals surface area (Å²) in [6.07, 6.45) is 1.81. The molecule has 0 aliphatic carbocycles. The molecule has 0 atom stereocenters. The minimum Gasteiger partial charge on any atom is -0.353 e. The molecule has 178 valence electrons. The lowest BCUT2D eigenvalue weighted by Crippen LogP contribution is -2.46. The van der Waals surface area contributed by atoms with Gasteiger partial charge in [0.1, 0.15) is 5.82 Å². The number of nitrogens with zero attached hydrogens (tertiary/aromatic N) is 3. The third-order valence-corrected chi connectivity index (χ3v) is 8.55. The SMILES string of the molecule is CC(C)(C)c1ccc(S(=O)(=O)NCCCCN2CCN(c3nsc4ccccc34)CC2)cc1. The van der Waals surface area contributed by atoms with Gasteiger partial charge in [0.15, 0.2) is 0 Å². The van der Waals surface area contributed by atoms with Crippen LogP contribution in [-0.4, -0.2) is 57.0 Å². The van der Waals surface area contributed by atoms with E-state index in [1.807, 2.05) is 12.1 Å². The molecule has 1 fully saturated rings. The zero-order chi connectivity index (χ0) is 23.5. The fourth-order valence-electron chi connectivity index (χ4n) is 4.17. The Kier molecular flexibility index (Phi) is 7.38. The van der Waals surface area contributed by atoms with E-state index in [0.717, 1.165) is 56.9 Å². The van der Waals surface area contributed by atoms with Crippen LogP contribution in [0.2, 0.25) is 0 Å². The third-order valence-electron chi connectivity index (χ3n) is 6.25. The monoisotopic (exact) mass is 486 g/mol. The van der Waals surface area contributed by atoms with E-state index >= 15 is 0 Å². The molecule has 0 bridgehead atoms. The number of aromatic nitrogens is 1. The number of benzene rings is 2. The maximum absolute atomic E-state index is 12.6. The maximum Gasteiger partial charge on any atom is 0.240 e. The van der Waals surface area contributed by atoms with Crippen molar-refractivity contribution >= 4 is 37.5 Å². The second-order valence-electron chi connectivity index (χ2n) is 9.71. The van der Waals surface area contributed by atoms with E-state index in [1.54, 1.807) is 23.7 Å². The first-order valence-electron chi connectivity index (χ1n) is 11.7. The number of fused-ring (bicyclic) bond motifs is 1. The summed E-state index contributed by atoms with van der Waals surface area (Å²) in [5, 5.41) is 1.25. The van der Waals surface area contributed by atoms with E-state index in [-0.39, 0.29) is 5.41 Å². The summed E-state index contributed by atoms with van der Waals surface area (Å²) in [5.41, 5.74) is 1.14. The molecule has 0 spiro atoms. The summed E-state index contributed by atoms with van der Waals surface area (Å²) in [6, 6.07) is 15.6. The first-order valence-corrected chi connectivity index (χ1v) is 13.9. The van der Waals surface area contributed by atoms with Crippen molar-refractivity contribution in [2.45, 2.75) is 43.9 Å². The molecule has 33 heavy (non-hydrogen) atoms. The highest BCUT2D eigenvalue weighted by Crippen LogP contribution is 2.29. The van der Waals surface area contributed by atoms with Crippen LogP contribution in [0.5, 0.6) is 0 Å². The number of anilines is 1. The van der Waals surface area contributed by atoms with Gasteiger partial charge in [0.25, 0.3) is 0 Å². The van der Waals surface area contributed by atoms with Crippen LogP contribution < -0.4 is 9.62 Å². The van der Waals surface area contributed by atoms with Crippen molar-refractivity contribution in [3.05, 3.63) is 54.1 Å². The van der Waals surface area contributed by atoms with Crippen LogP contribution in [0.25, 0.3) is 10.1 Å². The van der Waals surface area contributed by atoms with E-state index < -0.39 is 10.0 Å². The van der Waals surface area contributed by atoms with Crippen molar-refractivity contribution in [2.75, 3.05) is 44.2 Å². The van der Waals surface area contributed by atoms with E-state index in [2.05, 4.69) is 63.9 Å². The zero-order valence-electron chi connectivity index (χ0n) is 19.8. The molecule has 1 saturated heterocycles. The van der Waals surface area contributed by atoms with Crippen LogP contribution in [0.15, 0.2) is 53.4 Å². The van der Waals surface area contributed by atoms with E-state index in [1.165, 1.54) is 10.1 Å². The van der Waals surface area contributed by atoms with Gasteiger partial charge in [-0.1, -0.05) is 45.0 Å². The Morgan fingerprint density at radius 1 is 0.970 bits per heavy atom. The van der Waals surface area contributed by atoms with Crippen molar-refractivity contribution in [3.8, 4) is 0 Å². The van der Waals surface area contributed by atoms with Gasteiger partial charge in [-0.2, -0.15) is 4.37 Å². The Balaban J connectivity index is 1.18. The first kappa shape index (κ1) is 24.1. The summed E-state index contributed by atoms with van der Waals surface area (Å²) in [7, 11) is -3.45. The minimum absolute atomic E-state index is 0.00914. The van der Waals surface area contributed by atoms with Crippen LogP contribution in [0.1, 0.15) is 39.2 Å². The van der Waals surface area contributed by atoms with Crippen molar-refractivity contribution in [1.29, 1.82) is 0 Å². The molecule has 1 aliphatic rings. The highest BCUT2D eigenvalue weighted by Gasteiger charge is 2.21. The summed E-state index contributed by atoms with van der Waals surface area (Å²) in [5.74, 6) is 1.11. The molecule has 3 aromatic rings. The van der Waals surface area contributed by atoms with E-state index in [4.69, 9.17) is 0 Å². The lowest BCUT2D eigenvalue weighted by atomic mass is 9.87. The number of hydrogen-bond acceptors (Lipinski definition) is 6. The van der Waals surface area contributed by atoms with E-state index in [9.17, 15) is 8.42 Å². The average molecular weight is 487 g/mol. The normalized spacial score (nSPS) is 15.9. The van der Waals surface area contributed by atoms with Crippen LogP contribution in [0.4, 0.5) is 5.82 Å². The zero-order valence-corrected chi connectivity index (χ0v) is 21.4. The van der Waals surface area contributed by atoms with Crippen molar-refractivity contribution in [1.82, 2.24) is 14.0 Å². The highest BCUT2D eigenvalue weighted by atomic mass is 32.2. The molecule has 2 aromatic carbocycles. The summed E-state index contributed by atoms with van der Waals surface area (Å²) in [4.78, 5) is 5.18. The molecule has 0 unspecified atom stereocenters. The molecule has 1 aliphatic heterocycles. The maximum atomic E-state index is 12.6.